The van der Waals surface area contributed by atoms with E-state index in [0.717, 1.165) is 5.56 Å². The summed E-state index contributed by atoms with van der Waals surface area (Å²) in [4.78, 5) is 0. The van der Waals surface area contributed by atoms with Crippen molar-refractivity contribution in [1.82, 2.24) is 0 Å². The lowest BCUT2D eigenvalue weighted by Gasteiger charge is -2.19. The average Bonchev–Trinajstić information content (AvgIpc) is 2.28. The highest BCUT2D eigenvalue weighted by molar-refractivity contribution is 7.92. The van der Waals surface area contributed by atoms with Crippen LogP contribution in [0.1, 0.15) is 26.3 Å². The van der Waals surface area contributed by atoms with E-state index in [2.05, 4.69) is 0 Å². The molecule has 0 amide bonds. The summed E-state index contributed by atoms with van der Waals surface area (Å²) in [6.45, 7) is 5.73. The van der Waals surface area contributed by atoms with Gasteiger partial charge in [0.25, 0.3) is 0 Å². The van der Waals surface area contributed by atoms with Crippen molar-refractivity contribution in [3.8, 4) is 5.75 Å². The second kappa shape index (κ2) is 5.71. The van der Waals surface area contributed by atoms with Crippen molar-refractivity contribution >= 4 is 9.84 Å². The van der Waals surface area contributed by atoms with Crippen molar-refractivity contribution in [2.45, 2.75) is 32.1 Å². The Morgan fingerprint density at radius 2 is 1.72 bits per heavy atom. The van der Waals surface area contributed by atoms with E-state index in [9.17, 15) is 8.42 Å². The first-order valence-electron chi connectivity index (χ1n) is 5.90. The molecule has 4 nitrogen and oxygen atoms in total. The summed E-state index contributed by atoms with van der Waals surface area (Å²) in [7, 11) is -3.13. The number of ether oxygens (including phenoxy) is 1. The van der Waals surface area contributed by atoms with Gasteiger partial charge in [0.05, 0.1) is 10.5 Å². The van der Waals surface area contributed by atoms with Gasteiger partial charge in [-0.2, -0.15) is 0 Å². The Kier molecular flexibility index (Phi) is 4.76. The predicted molar refractivity (Wildman–Crippen MR) is 73.4 cm³/mol. The van der Waals surface area contributed by atoms with Crippen LogP contribution in [0.2, 0.25) is 0 Å². The van der Waals surface area contributed by atoms with Gasteiger partial charge in [-0.1, -0.05) is 12.1 Å². The SMILES string of the molecule is CC(C)(C)S(=O)(=O)CCOc1ccc(CN)cc1. The molecule has 18 heavy (non-hydrogen) atoms. The van der Waals surface area contributed by atoms with Crippen molar-refractivity contribution in [2.75, 3.05) is 12.4 Å². The monoisotopic (exact) mass is 271 g/mol. The van der Waals surface area contributed by atoms with Gasteiger partial charge in [0, 0.05) is 6.54 Å². The summed E-state index contributed by atoms with van der Waals surface area (Å²) < 4.78 is 28.4. The third kappa shape index (κ3) is 3.99. The van der Waals surface area contributed by atoms with Crippen LogP contribution in [-0.4, -0.2) is 25.5 Å². The molecule has 1 aromatic rings. The molecule has 0 fully saturated rings. The molecule has 0 unspecified atom stereocenters. The van der Waals surface area contributed by atoms with E-state index in [1.165, 1.54) is 0 Å². The topological polar surface area (TPSA) is 69.4 Å². The minimum atomic E-state index is -3.13. The van der Waals surface area contributed by atoms with Crippen LogP contribution in [0.4, 0.5) is 0 Å². The summed E-state index contributed by atoms with van der Waals surface area (Å²) in [5, 5.41) is 0. The largest absolute Gasteiger partial charge is 0.493 e. The predicted octanol–water partition coefficient (Wildman–Crippen LogP) is 1.74. The fourth-order valence-electron chi connectivity index (χ4n) is 1.30. The van der Waals surface area contributed by atoms with E-state index in [1.54, 1.807) is 32.9 Å². The summed E-state index contributed by atoms with van der Waals surface area (Å²) in [5.74, 6) is 0.686. The lowest BCUT2D eigenvalue weighted by Crippen LogP contribution is -2.32. The standard InChI is InChI=1S/C13H21NO3S/c1-13(2,3)18(15,16)9-8-17-12-6-4-11(10-14)5-7-12/h4-7H,8-10,14H2,1-3H3. The molecule has 0 aliphatic carbocycles. The molecule has 102 valence electrons. The highest BCUT2D eigenvalue weighted by Gasteiger charge is 2.28. The summed E-state index contributed by atoms with van der Waals surface area (Å²) >= 11 is 0. The zero-order valence-corrected chi connectivity index (χ0v) is 12.0. The number of benzene rings is 1. The van der Waals surface area contributed by atoms with E-state index in [-0.39, 0.29) is 12.4 Å². The maximum absolute atomic E-state index is 11.8. The smallest absolute Gasteiger partial charge is 0.158 e. The van der Waals surface area contributed by atoms with Crippen LogP contribution in [0, 0.1) is 0 Å². The third-order valence-electron chi connectivity index (χ3n) is 2.71. The summed E-state index contributed by atoms with van der Waals surface area (Å²) in [6.07, 6.45) is 0. The number of nitrogens with two attached hydrogens (primary N) is 1. The van der Waals surface area contributed by atoms with Gasteiger partial charge < -0.3 is 10.5 Å². The van der Waals surface area contributed by atoms with Crippen molar-refractivity contribution in [1.29, 1.82) is 0 Å². The summed E-state index contributed by atoms with van der Waals surface area (Å²) in [6, 6.07) is 7.33. The molecule has 5 heteroatoms. The fraction of sp³-hybridized carbons (Fsp3) is 0.538. The van der Waals surface area contributed by atoms with Crippen molar-refractivity contribution < 1.29 is 13.2 Å². The Balaban J connectivity index is 2.52. The van der Waals surface area contributed by atoms with Crippen LogP contribution >= 0.6 is 0 Å². The van der Waals surface area contributed by atoms with Crippen LogP contribution in [0.15, 0.2) is 24.3 Å². The maximum atomic E-state index is 11.8. The molecule has 0 heterocycles. The molecule has 0 aliphatic heterocycles. The first-order chi connectivity index (χ1) is 8.26. The Labute approximate surface area is 109 Å². The Morgan fingerprint density at radius 3 is 2.17 bits per heavy atom. The fourth-order valence-corrected chi connectivity index (χ4v) is 2.21. The van der Waals surface area contributed by atoms with E-state index in [1.807, 2.05) is 12.1 Å². The molecule has 0 radical (unpaired) electrons. The zero-order chi connectivity index (χ0) is 13.8. The van der Waals surface area contributed by atoms with E-state index in [0.29, 0.717) is 12.3 Å². The molecule has 2 N–H and O–H groups in total. The minimum absolute atomic E-state index is 0.0230. The van der Waals surface area contributed by atoms with E-state index < -0.39 is 14.6 Å². The van der Waals surface area contributed by atoms with E-state index in [4.69, 9.17) is 10.5 Å². The summed E-state index contributed by atoms with van der Waals surface area (Å²) in [5.41, 5.74) is 6.50. The molecule has 0 saturated heterocycles. The number of rotatable bonds is 5. The van der Waals surface area contributed by atoms with Crippen LogP contribution < -0.4 is 10.5 Å². The third-order valence-corrected chi connectivity index (χ3v) is 5.28. The molecule has 0 aliphatic rings. The average molecular weight is 271 g/mol. The van der Waals surface area contributed by atoms with Gasteiger partial charge in [-0.25, -0.2) is 8.42 Å². The minimum Gasteiger partial charge on any atom is -0.493 e. The number of sulfone groups is 1. The van der Waals surface area contributed by atoms with Crippen molar-refractivity contribution in [2.24, 2.45) is 5.73 Å². The molecule has 0 saturated carbocycles. The second-order valence-corrected chi connectivity index (χ2v) is 7.99. The van der Waals surface area contributed by atoms with Crippen molar-refractivity contribution in [3.05, 3.63) is 29.8 Å². The molecular weight excluding hydrogens is 250 g/mol. The molecule has 0 bridgehead atoms. The first kappa shape index (κ1) is 15.0. The Hall–Kier alpha value is -1.07. The van der Waals surface area contributed by atoms with Crippen LogP contribution in [0.25, 0.3) is 0 Å². The Bertz CT molecular complexity index is 472. The van der Waals surface area contributed by atoms with E-state index >= 15 is 0 Å². The molecule has 0 spiro atoms. The van der Waals surface area contributed by atoms with Gasteiger partial charge in [0.2, 0.25) is 0 Å². The number of hydrogen-bond acceptors (Lipinski definition) is 4. The zero-order valence-electron chi connectivity index (χ0n) is 11.1. The van der Waals surface area contributed by atoms with Crippen molar-refractivity contribution in [3.63, 3.8) is 0 Å². The normalized spacial score (nSPS) is 12.4. The van der Waals surface area contributed by atoms with Gasteiger partial charge in [-0.05, 0) is 38.5 Å². The van der Waals surface area contributed by atoms with Gasteiger partial charge in [0.1, 0.15) is 12.4 Å². The first-order valence-corrected chi connectivity index (χ1v) is 7.55. The van der Waals surface area contributed by atoms with Crippen LogP contribution in [-0.2, 0) is 16.4 Å². The molecule has 1 rings (SSSR count). The van der Waals surface area contributed by atoms with Gasteiger partial charge in [-0.15, -0.1) is 0 Å². The van der Waals surface area contributed by atoms with Gasteiger partial charge >= 0.3 is 0 Å². The lowest BCUT2D eigenvalue weighted by atomic mass is 10.2. The van der Waals surface area contributed by atoms with Crippen LogP contribution in [0.5, 0.6) is 5.75 Å². The molecule has 0 aromatic heterocycles. The molecule has 0 atom stereocenters. The number of hydrogen-bond donors (Lipinski definition) is 1. The second-order valence-electron chi connectivity index (χ2n) is 5.13. The highest BCUT2D eigenvalue weighted by Crippen LogP contribution is 2.17. The quantitative estimate of drug-likeness (QED) is 0.885. The van der Waals surface area contributed by atoms with Gasteiger partial charge in [-0.3, -0.25) is 0 Å². The van der Waals surface area contributed by atoms with Gasteiger partial charge in [0.15, 0.2) is 9.84 Å². The lowest BCUT2D eigenvalue weighted by molar-refractivity contribution is 0.339. The highest BCUT2D eigenvalue weighted by atomic mass is 32.2. The maximum Gasteiger partial charge on any atom is 0.158 e. The van der Waals surface area contributed by atoms with Crippen LogP contribution in [0.3, 0.4) is 0 Å². The molecular formula is C13H21NO3S. The molecule has 1 aromatic carbocycles. The Morgan fingerprint density at radius 1 is 1.17 bits per heavy atom.